The zero-order valence-corrected chi connectivity index (χ0v) is 16.9. The van der Waals surface area contributed by atoms with E-state index in [0.29, 0.717) is 30.9 Å². The van der Waals surface area contributed by atoms with Crippen molar-refractivity contribution in [2.24, 2.45) is 0 Å². The number of aromatic amines is 1. The van der Waals surface area contributed by atoms with Crippen molar-refractivity contribution in [2.45, 2.75) is 33.2 Å². The standard InChI is InChI=1S/C23H24N4O2/c1-14-10-20-19(15(2)12-24-20)11-17(14)13-27(3)22(29)9-7-18-6-4-16-5-8-21(28)26-23(16)25-18/h4,6-7,9-12,24H,5,8,13H2,1-3H3,(H,25,26,28). The Kier molecular flexibility index (Phi) is 4.92. The third kappa shape index (κ3) is 3.92. The molecule has 0 atom stereocenters. The van der Waals surface area contributed by atoms with Crippen LogP contribution in [0.5, 0.6) is 0 Å². The number of aryl methyl sites for hydroxylation is 3. The van der Waals surface area contributed by atoms with Gasteiger partial charge in [0.25, 0.3) is 0 Å². The maximum atomic E-state index is 12.6. The smallest absolute Gasteiger partial charge is 0.246 e. The fourth-order valence-corrected chi connectivity index (χ4v) is 3.60. The number of likely N-dealkylation sites (N-methyl/N-ethyl adjacent to an activating group) is 1. The van der Waals surface area contributed by atoms with Crippen LogP contribution in [0.15, 0.2) is 36.5 Å². The summed E-state index contributed by atoms with van der Waals surface area (Å²) < 4.78 is 0. The Hall–Kier alpha value is -3.41. The van der Waals surface area contributed by atoms with Gasteiger partial charge in [0, 0.05) is 43.2 Å². The van der Waals surface area contributed by atoms with Crippen molar-refractivity contribution in [1.29, 1.82) is 0 Å². The topological polar surface area (TPSA) is 78.1 Å². The number of nitrogens with one attached hydrogen (secondary N) is 2. The van der Waals surface area contributed by atoms with Crippen LogP contribution in [-0.4, -0.2) is 33.7 Å². The Labute approximate surface area is 169 Å². The first kappa shape index (κ1) is 18.9. The fraction of sp³-hybridized carbons (Fsp3) is 0.261. The lowest BCUT2D eigenvalue weighted by Gasteiger charge is -2.17. The van der Waals surface area contributed by atoms with E-state index in [0.717, 1.165) is 22.2 Å². The van der Waals surface area contributed by atoms with Crippen LogP contribution in [0.3, 0.4) is 0 Å². The summed E-state index contributed by atoms with van der Waals surface area (Å²) in [6.45, 7) is 4.66. The van der Waals surface area contributed by atoms with E-state index in [1.54, 1.807) is 18.0 Å². The van der Waals surface area contributed by atoms with Crippen LogP contribution in [0, 0.1) is 13.8 Å². The van der Waals surface area contributed by atoms with Crippen molar-refractivity contribution in [1.82, 2.24) is 14.9 Å². The number of pyridine rings is 1. The number of amides is 2. The van der Waals surface area contributed by atoms with Gasteiger partial charge in [0.15, 0.2) is 0 Å². The van der Waals surface area contributed by atoms with Crippen LogP contribution in [0.25, 0.3) is 17.0 Å². The normalized spacial score (nSPS) is 13.6. The number of aromatic nitrogens is 2. The fourth-order valence-electron chi connectivity index (χ4n) is 3.60. The van der Waals surface area contributed by atoms with Crippen LogP contribution >= 0.6 is 0 Å². The van der Waals surface area contributed by atoms with Crippen molar-refractivity contribution >= 4 is 34.6 Å². The van der Waals surface area contributed by atoms with Gasteiger partial charge in [0.2, 0.25) is 11.8 Å². The summed E-state index contributed by atoms with van der Waals surface area (Å²) in [5, 5.41) is 3.97. The summed E-state index contributed by atoms with van der Waals surface area (Å²) in [4.78, 5) is 33.5. The van der Waals surface area contributed by atoms with Crippen molar-refractivity contribution in [3.05, 3.63) is 64.5 Å². The average molecular weight is 388 g/mol. The van der Waals surface area contributed by atoms with Gasteiger partial charge in [-0.05, 0) is 66.8 Å². The number of carbonyl (C=O) groups excluding carboxylic acids is 2. The molecule has 0 radical (unpaired) electrons. The molecule has 1 aliphatic heterocycles. The molecular weight excluding hydrogens is 364 g/mol. The summed E-state index contributed by atoms with van der Waals surface area (Å²) in [5.74, 6) is 0.473. The molecule has 3 aromatic rings. The molecule has 0 bridgehead atoms. The highest BCUT2D eigenvalue weighted by Gasteiger charge is 2.16. The van der Waals surface area contributed by atoms with Crippen LogP contribution < -0.4 is 5.32 Å². The third-order valence-electron chi connectivity index (χ3n) is 5.41. The van der Waals surface area contributed by atoms with E-state index in [-0.39, 0.29) is 11.8 Å². The minimum Gasteiger partial charge on any atom is -0.361 e. The number of benzene rings is 1. The second-order valence-electron chi connectivity index (χ2n) is 7.62. The number of anilines is 1. The van der Waals surface area contributed by atoms with Crippen molar-refractivity contribution in [2.75, 3.05) is 12.4 Å². The zero-order valence-electron chi connectivity index (χ0n) is 16.9. The van der Waals surface area contributed by atoms with Crippen LogP contribution in [0.1, 0.15) is 34.4 Å². The summed E-state index contributed by atoms with van der Waals surface area (Å²) >= 11 is 0. The monoisotopic (exact) mass is 388 g/mol. The molecular formula is C23H24N4O2. The number of rotatable bonds is 4. The zero-order chi connectivity index (χ0) is 20.5. The maximum absolute atomic E-state index is 12.6. The molecule has 0 saturated carbocycles. The van der Waals surface area contributed by atoms with Gasteiger partial charge in [-0.25, -0.2) is 4.98 Å². The number of hydrogen-bond acceptors (Lipinski definition) is 3. The van der Waals surface area contributed by atoms with Crippen molar-refractivity contribution in [3.63, 3.8) is 0 Å². The van der Waals surface area contributed by atoms with E-state index in [4.69, 9.17) is 0 Å². The van der Waals surface area contributed by atoms with Crippen LogP contribution in [0.4, 0.5) is 5.82 Å². The minimum absolute atomic E-state index is 0.0214. The molecule has 1 aliphatic rings. The first-order valence-corrected chi connectivity index (χ1v) is 9.71. The number of hydrogen-bond donors (Lipinski definition) is 2. The SMILES string of the molecule is Cc1cc2[nH]cc(C)c2cc1CN(C)C(=O)C=Cc1ccc2c(n1)NC(=O)CC2. The van der Waals surface area contributed by atoms with E-state index >= 15 is 0 Å². The first-order chi connectivity index (χ1) is 13.9. The number of fused-ring (bicyclic) bond motifs is 2. The molecule has 6 nitrogen and oxygen atoms in total. The number of H-pyrrole nitrogens is 1. The lowest BCUT2D eigenvalue weighted by Crippen LogP contribution is -2.24. The molecule has 3 heterocycles. The van der Waals surface area contributed by atoms with Crippen LogP contribution in [-0.2, 0) is 22.6 Å². The Morgan fingerprint density at radius 2 is 2.03 bits per heavy atom. The average Bonchev–Trinajstić information content (AvgIpc) is 3.05. The molecule has 2 N–H and O–H groups in total. The highest BCUT2D eigenvalue weighted by molar-refractivity contribution is 5.94. The second-order valence-corrected chi connectivity index (χ2v) is 7.62. The van der Waals surface area contributed by atoms with Gasteiger partial charge >= 0.3 is 0 Å². The molecule has 4 rings (SSSR count). The predicted octanol–water partition coefficient (Wildman–Crippen LogP) is 3.74. The van der Waals surface area contributed by atoms with E-state index in [1.165, 1.54) is 17.0 Å². The molecule has 29 heavy (non-hydrogen) atoms. The van der Waals surface area contributed by atoms with E-state index in [1.807, 2.05) is 18.3 Å². The molecule has 2 amide bonds. The predicted molar refractivity (Wildman–Crippen MR) is 114 cm³/mol. The summed E-state index contributed by atoms with van der Waals surface area (Å²) in [6, 6.07) is 8.09. The molecule has 0 fully saturated rings. The van der Waals surface area contributed by atoms with E-state index < -0.39 is 0 Å². The van der Waals surface area contributed by atoms with Gasteiger partial charge in [0.1, 0.15) is 5.82 Å². The molecule has 0 spiro atoms. The summed E-state index contributed by atoms with van der Waals surface area (Å²) in [6.07, 6.45) is 6.39. The van der Waals surface area contributed by atoms with Gasteiger partial charge in [-0.2, -0.15) is 0 Å². The quantitative estimate of drug-likeness (QED) is 0.669. The molecule has 0 aliphatic carbocycles. The maximum Gasteiger partial charge on any atom is 0.246 e. The first-order valence-electron chi connectivity index (χ1n) is 9.71. The van der Waals surface area contributed by atoms with E-state index in [9.17, 15) is 9.59 Å². The largest absolute Gasteiger partial charge is 0.361 e. The van der Waals surface area contributed by atoms with Gasteiger partial charge in [-0.3, -0.25) is 9.59 Å². The lowest BCUT2D eigenvalue weighted by molar-refractivity contribution is -0.125. The molecule has 6 heteroatoms. The van der Waals surface area contributed by atoms with Gasteiger partial charge < -0.3 is 15.2 Å². The summed E-state index contributed by atoms with van der Waals surface area (Å²) in [5.41, 5.74) is 6.25. The minimum atomic E-state index is -0.0983. The van der Waals surface area contributed by atoms with Crippen molar-refractivity contribution < 1.29 is 9.59 Å². The Morgan fingerprint density at radius 1 is 1.21 bits per heavy atom. The molecule has 0 unspecified atom stereocenters. The van der Waals surface area contributed by atoms with Gasteiger partial charge in [0.05, 0.1) is 5.69 Å². The van der Waals surface area contributed by atoms with E-state index in [2.05, 4.69) is 41.3 Å². The second kappa shape index (κ2) is 7.54. The van der Waals surface area contributed by atoms with Gasteiger partial charge in [-0.1, -0.05) is 6.07 Å². The Balaban J connectivity index is 1.47. The third-order valence-corrected chi connectivity index (χ3v) is 5.41. The number of carbonyl (C=O) groups is 2. The Morgan fingerprint density at radius 3 is 2.86 bits per heavy atom. The lowest BCUT2D eigenvalue weighted by atomic mass is 10.0. The molecule has 1 aromatic carbocycles. The number of nitrogens with zero attached hydrogens (tertiary/aromatic N) is 2. The molecule has 148 valence electrons. The highest BCUT2D eigenvalue weighted by Crippen LogP contribution is 2.23. The molecule has 0 saturated heterocycles. The van der Waals surface area contributed by atoms with Crippen LogP contribution in [0.2, 0.25) is 0 Å². The van der Waals surface area contributed by atoms with Gasteiger partial charge in [-0.15, -0.1) is 0 Å². The highest BCUT2D eigenvalue weighted by atomic mass is 16.2. The summed E-state index contributed by atoms with van der Waals surface area (Å²) in [7, 11) is 1.79. The Bertz CT molecular complexity index is 1140. The van der Waals surface area contributed by atoms with Crippen molar-refractivity contribution in [3.8, 4) is 0 Å². The molecule has 2 aromatic heterocycles.